The van der Waals surface area contributed by atoms with Crippen molar-refractivity contribution in [2.45, 2.75) is 78.3 Å². The van der Waals surface area contributed by atoms with Crippen molar-refractivity contribution in [2.75, 3.05) is 54.5 Å². The predicted octanol–water partition coefficient (Wildman–Crippen LogP) is 6.15. The first-order valence-electron chi connectivity index (χ1n) is 20.3. The van der Waals surface area contributed by atoms with Gasteiger partial charge in [0.05, 0.1) is 38.7 Å². The van der Waals surface area contributed by atoms with Gasteiger partial charge in [0, 0.05) is 36.7 Å². The highest BCUT2D eigenvalue weighted by Crippen LogP contribution is 2.28. The molecule has 1 saturated heterocycles. The third-order valence-corrected chi connectivity index (χ3v) is 9.36. The molecule has 1 aliphatic rings. The van der Waals surface area contributed by atoms with Crippen molar-refractivity contribution in [1.82, 2.24) is 36.1 Å². The number of amides is 3. The number of nitrogens with zero attached hydrogens (tertiary/aromatic N) is 2. The molecule has 2 atom stereocenters. The average Bonchev–Trinajstić information content (AvgIpc) is 3.90. The summed E-state index contributed by atoms with van der Waals surface area (Å²) in [5, 5.41) is 13.6. The molecule has 322 valence electrons. The predicted molar refractivity (Wildman–Crippen MR) is 234 cm³/mol. The van der Waals surface area contributed by atoms with Crippen LogP contribution < -0.4 is 21.3 Å². The van der Waals surface area contributed by atoms with E-state index < -0.39 is 12.1 Å². The number of aldehydes is 1. The van der Waals surface area contributed by atoms with Crippen LogP contribution in [0.1, 0.15) is 76.0 Å². The number of likely N-dealkylation sites (N-methyl/N-ethyl adjacent to an activating group) is 2. The Bertz CT molecular complexity index is 1860. The number of methoxy groups -OCH3 is 2. The van der Waals surface area contributed by atoms with Gasteiger partial charge in [0.2, 0.25) is 5.91 Å². The molecule has 59 heavy (non-hydrogen) atoms. The zero-order valence-corrected chi connectivity index (χ0v) is 36.1. The first kappa shape index (κ1) is 49.5. The van der Waals surface area contributed by atoms with Gasteiger partial charge in [-0.2, -0.15) is 0 Å². The second-order valence-corrected chi connectivity index (χ2v) is 14.5. The highest BCUT2D eigenvalue weighted by atomic mass is 16.5. The second kappa shape index (κ2) is 27.9. The van der Waals surface area contributed by atoms with Crippen LogP contribution in [0.5, 0.6) is 0 Å². The Morgan fingerprint density at radius 1 is 0.932 bits per heavy atom. The molecule has 2 unspecified atom stereocenters. The lowest BCUT2D eigenvalue weighted by Crippen LogP contribution is -2.39. The summed E-state index contributed by atoms with van der Waals surface area (Å²) in [4.78, 5) is 64.4. The fraction of sp³-hybridized carbons (Fsp3) is 0.467. The number of aryl methyl sites for hydroxylation is 1. The number of unbranched alkanes of at least 4 members (excludes halogenated alkanes) is 1. The summed E-state index contributed by atoms with van der Waals surface area (Å²) < 4.78 is 8.18. The second-order valence-electron chi connectivity index (χ2n) is 14.5. The van der Waals surface area contributed by atoms with E-state index in [1.807, 2.05) is 44.3 Å². The Hall–Kier alpha value is -5.60. The lowest BCUT2D eigenvalue weighted by molar-refractivity contribution is -0.126. The molecule has 1 aliphatic heterocycles. The maximum atomic E-state index is 12.6. The quantitative estimate of drug-likeness (QED) is 0.0650. The molecule has 3 amide bonds. The zero-order chi connectivity index (χ0) is 43.6. The number of alkyl carbamates (subject to hydrolysis) is 1. The van der Waals surface area contributed by atoms with Crippen molar-refractivity contribution in [3.63, 3.8) is 0 Å². The SMILES string of the molecule is CCC.CNCC(=O)NCCCCc1ncc(-c2ccc3cc(-c4ccc(C(=O)NCC5CCCN5C)cc4)ccc3c2)[nH]1.COC(=O)NC(C=O)C(C)C.COC=O. The number of benzene rings is 3. The summed E-state index contributed by atoms with van der Waals surface area (Å²) >= 11 is 0. The summed E-state index contributed by atoms with van der Waals surface area (Å²) in [5.74, 6) is 1.06. The Balaban J connectivity index is 0.000000560. The molecule has 3 aromatic carbocycles. The van der Waals surface area contributed by atoms with E-state index in [0.29, 0.717) is 44.0 Å². The van der Waals surface area contributed by atoms with Crippen molar-refractivity contribution in [3.8, 4) is 22.4 Å². The van der Waals surface area contributed by atoms with Gasteiger partial charge in [-0.3, -0.25) is 14.4 Å². The van der Waals surface area contributed by atoms with Gasteiger partial charge < -0.3 is 45.4 Å². The minimum absolute atomic E-state index is 0.0153. The maximum Gasteiger partial charge on any atom is 0.407 e. The Morgan fingerprint density at radius 3 is 2.12 bits per heavy atom. The lowest BCUT2D eigenvalue weighted by atomic mass is 9.98. The van der Waals surface area contributed by atoms with Crippen molar-refractivity contribution in [1.29, 1.82) is 0 Å². The maximum absolute atomic E-state index is 12.6. The van der Waals surface area contributed by atoms with Crippen LogP contribution in [0.2, 0.25) is 0 Å². The first-order valence-corrected chi connectivity index (χ1v) is 20.3. The zero-order valence-electron chi connectivity index (χ0n) is 36.1. The molecule has 4 aromatic rings. The molecule has 5 rings (SSSR count). The van der Waals surface area contributed by atoms with Gasteiger partial charge in [-0.15, -0.1) is 0 Å². The van der Waals surface area contributed by atoms with E-state index in [-0.39, 0.29) is 17.7 Å². The van der Waals surface area contributed by atoms with Crippen molar-refractivity contribution in [3.05, 3.63) is 78.2 Å². The number of fused-ring (bicyclic) bond motifs is 1. The van der Waals surface area contributed by atoms with Gasteiger partial charge in [0.25, 0.3) is 12.4 Å². The minimum atomic E-state index is -0.573. The number of aromatic amines is 1. The van der Waals surface area contributed by atoms with E-state index in [9.17, 15) is 19.2 Å². The van der Waals surface area contributed by atoms with E-state index in [0.717, 1.165) is 71.2 Å². The average molecular weight is 816 g/mol. The highest BCUT2D eigenvalue weighted by Gasteiger charge is 2.21. The number of ether oxygens (including phenoxy) is 2. The standard InChI is InChI=1S/C33H40N6O2.C7H13NO3.C3H8.C2H4O2/c1-34-22-32(40)35-16-4-3-7-31-36-21-30(38-31)28-15-14-26-18-25(12-13-27(26)19-28)23-8-10-24(11-9-23)33(41)37-20-29-6-5-17-39(29)2;1-5(2)6(4-9)8-7(10)11-3;1-3-2;1-4-2-3/h8-15,18-19,21,29,34H,3-7,16-17,20,22H2,1-2H3,(H,35,40)(H,36,38)(H,37,41);4-6H,1-3H3,(H,8,10);3H2,1-2H3;2H,1H3. The largest absolute Gasteiger partial charge is 0.471 e. The molecule has 1 aromatic heterocycles. The number of imidazole rings is 1. The lowest BCUT2D eigenvalue weighted by Gasteiger charge is -2.19. The van der Waals surface area contributed by atoms with Crippen LogP contribution in [0.4, 0.5) is 4.79 Å². The third-order valence-electron chi connectivity index (χ3n) is 9.36. The molecule has 2 heterocycles. The Morgan fingerprint density at radius 2 is 1.56 bits per heavy atom. The van der Waals surface area contributed by atoms with Crippen LogP contribution in [0.3, 0.4) is 0 Å². The summed E-state index contributed by atoms with van der Waals surface area (Å²) in [5.41, 5.74) is 5.00. The number of carbonyl (C=O) groups excluding carboxylic acids is 5. The van der Waals surface area contributed by atoms with Gasteiger partial charge in [-0.25, -0.2) is 9.78 Å². The topological polar surface area (TPSA) is 184 Å². The van der Waals surface area contributed by atoms with Gasteiger partial charge >= 0.3 is 6.09 Å². The van der Waals surface area contributed by atoms with Crippen molar-refractivity contribution < 1.29 is 33.4 Å². The van der Waals surface area contributed by atoms with Crippen molar-refractivity contribution >= 4 is 41.4 Å². The van der Waals surface area contributed by atoms with Gasteiger partial charge in [-0.05, 0) is 98.4 Å². The van der Waals surface area contributed by atoms with Crippen LogP contribution >= 0.6 is 0 Å². The number of carbonyl (C=O) groups is 5. The molecule has 0 aliphatic carbocycles. The van der Waals surface area contributed by atoms with Crippen molar-refractivity contribution in [2.24, 2.45) is 5.92 Å². The van der Waals surface area contributed by atoms with Gasteiger partial charge in [0.1, 0.15) is 12.1 Å². The fourth-order valence-corrected chi connectivity index (χ4v) is 6.01. The van der Waals surface area contributed by atoms with E-state index in [1.165, 1.54) is 27.1 Å². The van der Waals surface area contributed by atoms with Gasteiger partial charge in [0.15, 0.2) is 0 Å². The monoisotopic (exact) mass is 815 g/mol. The minimum Gasteiger partial charge on any atom is -0.471 e. The summed E-state index contributed by atoms with van der Waals surface area (Å²) in [6.07, 6.45) is 8.32. The number of hydrogen-bond donors (Lipinski definition) is 5. The normalized spacial score (nSPS) is 13.6. The van der Waals surface area contributed by atoms with Crippen LogP contribution in [0.15, 0.2) is 66.9 Å². The molecule has 5 N–H and O–H groups in total. The number of hydrogen-bond acceptors (Lipinski definition) is 10. The van der Waals surface area contributed by atoms with E-state index in [2.05, 4.69) is 103 Å². The van der Waals surface area contributed by atoms with Crippen LogP contribution in [-0.4, -0.2) is 112 Å². The molecule has 0 bridgehead atoms. The molecule has 14 nitrogen and oxygen atoms in total. The van der Waals surface area contributed by atoms with E-state index in [4.69, 9.17) is 4.79 Å². The number of likely N-dealkylation sites (tertiary alicyclic amines) is 1. The third kappa shape index (κ3) is 17.8. The molecule has 14 heteroatoms. The number of rotatable bonds is 16. The number of nitrogens with one attached hydrogen (secondary N) is 5. The molecule has 1 fully saturated rings. The summed E-state index contributed by atoms with van der Waals surface area (Å²) in [7, 11) is 6.46. The smallest absolute Gasteiger partial charge is 0.407 e. The molecule has 0 radical (unpaired) electrons. The van der Waals surface area contributed by atoms with E-state index >= 15 is 0 Å². The first-order chi connectivity index (χ1) is 28.4. The number of aromatic nitrogens is 2. The fourth-order valence-electron chi connectivity index (χ4n) is 6.01. The molecule has 0 saturated carbocycles. The van der Waals surface area contributed by atoms with Crippen LogP contribution in [-0.2, 0) is 30.3 Å². The summed E-state index contributed by atoms with van der Waals surface area (Å²) in [6, 6.07) is 20.8. The number of H-pyrrole nitrogens is 1. The van der Waals surface area contributed by atoms with Crippen LogP contribution in [0.25, 0.3) is 33.2 Å². The summed E-state index contributed by atoms with van der Waals surface area (Å²) in [6.45, 7) is 11.1. The van der Waals surface area contributed by atoms with Gasteiger partial charge in [-0.1, -0.05) is 70.5 Å². The molecular formula is C45H65N7O7. The molecule has 0 spiro atoms. The Kier molecular flexibility index (Phi) is 23.5. The highest BCUT2D eigenvalue weighted by molar-refractivity contribution is 5.95. The Labute approximate surface area is 349 Å². The van der Waals surface area contributed by atoms with E-state index in [1.54, 1.807) is 7.05 Å². The van der Waals surface area contributed by atoms with Crippen LogP contribution in [0, 0.1) is 5.92 Å². The molecular weight excluding hydrogens is 751 g/mol.